The maximum absolute atomic E-state index is 12.8. The Morgan fingerprint density at radius 2 is 1.61 bits per heavy atom. The van der Waals surface area contributed by atoms with Crippen LogP contribution in [-0.4, -0.2) is 22.3 Å². The number of aromatic nitrogens is 1. The molecule has 3 N–H and O–H groups in total. The van der Waals surface area contributed by atoms with Crippen LogP contribution in [0.5, 0.6) is 0 Å². The van der Waals surface area contributed by atoms with E-state index in [9.17, 15) is 14.4 Å². The SMILES string of the molecule is Cc1cc(NC(=O)c2ccco2)sc1C(=O)NNC(=O)c1cc(C)n(-c2ccccc2)c1C. The van der Waals surface area contributed by atoms with Gasteiger partial charge in [0.05, 0.1) is 21.7 Å². The van der Waals surface area contributed by atoms with Gasteiger partial charge in [-0.2, -0.15) is 0 Å². The standard InChI is InChI=1S/C24H22N4O4S/c1-14-12-20(25-23(30)19-10-7-11-32-19)33-21(14)24(31)27-26-22(29)18-13-15(2)28(16(18)3)17-8-5-4-6-9-17/h4-13H,1-3H3,(H,25,30)(H,26,29)(H,27,31). The van der Waals surface area contributed by atoms with Crippen LogP contribution in [0.25, 0.3) is 5.69 Å². The molecule has 0 unspecified atom stereocenters. The summed E-state index contributed by atoms with van der Waals surface area (Å²) in [7, 11) is 0. The Hall–Kier alpha value is -4.11. The number of hydrogen-bond donors (Lipinski definition) is 3. The zero-order chi connectivity index (χ0) is 23.5. The third kappa shape index (κ3) is 4.58. The summed E-state index contributed by atoms with van der Waals surface area (Å²) < 4.78 is 7.05. The molecule has 0 fully saturated rings. The molecule has 33 heavy (non-hydrogen) atoms. The molecule has 0 bridgehead atoms. The van der Waals surface area contributed by atoms with E-state index in [1.165, 1.54) is 6.26 Å². The molecule has 3 aromatic heterocycles. The van der Waals surface area contributed by atoms with Crippen molar-refractivity contribution in [2.24, 2.45) is 0 Å². The molecule has 0 spiro atoms. The van der Waals surface area contributed by atoms with Gasteiger partial charge in [0.25, 0.3) is 17.7 Å². The second-order valence-electron chi connectivity index (χ2n) is 7.42. The van der Waals surface area contributed by atoms with Gasteiger partial charge in [0.2, 0.25) is 0 Å². The lowest BCUT2D eigenvalue weighted by molar-refractivity contribution is 0.0848. The first kappa shape index (κ1) is 22.1. The quantitative estimate of drug-likeness (QED) is 0.383. The Kier molecular flexibility index (Phi) is 6.14. The number of nitrogens with zero attached hydrogens (tertiary/aromatic N) is 1. The van der Waals surface area contributed by atoms with Crippen LogP contribution >= 0.6 is 11.3 Å². The highest BCUT2D eigenvalue weighted by Gasteiger charge is 2.20. The van der Waals surface area contributed by atoms with Gasteiger partial charge >= 0.3 is 0 Å². The highest BCUT2D eigenvalue weighted by Crippen LogP contribution is 2.27. The molecule has 0 saturated heterocycles. The highest BCUT2D eigenvalue weighted by molar-refractivity contribution is 7.18. The molecule has 3 amide bonds. The number of benzene rings is 1. The summed E-state index contributed by atoms with van der Waals surface area (Å²) in [6, 6.07) is 16.4. The van der Waals surface area contributed by atoms with Crippen molar-refractivity contribution < 1.29 is 18.8 Å². The van der Waals surface area contributed by atoms with Crippen molar-refractivity contribution in [1.29, 1.82) is 0 Å². The van der Waals surface area contributed by atoms with Gasteiger partial charge in [-0.1, -0.05) is 18.2 Å². The zero-order valence-electron chi connectivity index (χ0n) is 18.3. The van der Waals surface area contributed by atoms with Crippen molar-refractivity contribution >= 4 is 34.1 Å². The van der Waals surface area contributed by atoms with Crippen LogP contribution in [0.4, 0.5) is 5.00 Å². The molecule has 0 saturated carbocycles. The topological polar surface area (TPSA) is 105 Å². The molecule has 0 atom stereocenters. The summed E-state index contributed by atoms with van der Waals surface area (Å²) in [6.07, 6.45) is 1.41. The van der Waals surface area contributed by atoms with Crippen LogP contribution in [0.1, 0.15) is 47.5 Å². The molecule has 0 aliphatic heterocycles. The van der Waals surface area contributed by atoms with E-state index in [2.05, 4.69) is 16.2 Å². The zero-order valence-corrected chi connectivity index (χ0v) is 19.1. The lowest BCUT2D eigenvalue weighted by Crippen LogP contribution is -2.41. The van der Waals surface area contributed by atoms with E-state index in [1.807, 2.05) is 48.7 Å². The first-order valence-corrected chi connectivity index (χ1v) is 11.0. The fourth-order valence-corrected chi connectivity index (χ4v) is 4.52. The Labute approximate surface area is 194 Å². The van der Waals surface area contributed by atoms with Crippen LogP contribution < -0.4 is 16.2 Å². The van der Waals surface area contributed by atoms with Crippen LogP contribution in [0, 0.1) is 20.8 Å². The summed E-state index contributed by atoms with van der Waals surface area (Å²) in [4.78, 5) is 37.9. The van der Waals surface area contributed by atoms with E-state index in [0.717, 1.165) is 28.4 Å². The van der Waals surface area contributed by atoms with Crippen molar-refractivity contribution in [3.05, 3.63) is 94.0 Å². The predicted molar refractivity (Wildman–Crippen MR) is 126 cm³/mol. The number of amides is 3. The third-order valence-corrected chi connectivity index (χ3v) is 6.24. The minimum absolute atomic E-state index is 0.174. The van der Waals surface area contributed by atoms with Gasteiger partial charge in [-0.15, -0.1) is 11.3 Å². The average molecular weight is 463 g/mol. The van der Waals surface area contributed by atoms with Crippen molar-refractivity contribution in [2.75, 3.05) is 5.32 Å². The van der Waals surface area contributed by atoms with E-state index >= 15 is 0 Å². The van der Waals surface area contributed by atoms with E-state index in [0.29, 0.717) is 21.0 Å². The molecule has 8 nitrogen and oxygen atoms in total. The number of thiophene rings is 1. The van der Waals surface area contributed by atoms with Crippen molar-refractivity contribution in [2.45, 2.75) is 20.8 Å². The third-order valence-electron chi connectivity index (χ3n) is 5.09. The Bertz CT molecular complexity index is 1320. The number of para-hydroxylation sites is 1. The first-order chi connectivity index (χ1) is 15.8. The lowest BCUT2D eigenvalue weighted by Gasteiger charge is -2.10. The molecule has 168 valence electrons. The molecule has 0 radical (unpaired) electrons. The van der Waals surface area contributed by atoms with Crippen molar-refractivity contribution in [3.63, 3.8) is 0 Å². The van der Waals surface area contributed by atoms with Gasteiger partial charge in [0, 0.05) is 17.1 Å². The van der Waals surface area contributed by atoms with Gasteiger partial charge in [-0.3, -0.25) is 25.2 Å². The number of aryl methyl sites for hydroxylation is 2. The monoisotopic (exact) mass is 462 g/mol. The van der Waals surface area contributed by atoms with Crippen LogP contribution in [-0.2, 0) is 0 Å². The first-order valence-electron chi connectivity index (χ1n) is 10.2. The molecule has 4 rings (SSSR count). The molecule has 1 aromatic carbocycles. The molecule has 9 heteroatoms. The largest absolute Gasteiger partial charge is 0.459 e. The van der Waals surface area contributed by atoms with Crippen molar-refractivity contribution in [1.82, 2.24) is 15.4 Å². The number of rotatable bonds is 5. The maximum atomic E-state index is 12.8. The van der Waals surface area contributed by atoms with E-state index < -0.39 is 17.7 Å². The lowest BCUT2D eigenvalue weighted by atomic mass is 10.2. The minimum atomic E-state index is -0.471. The Morgan fingerprint density at radius 1 is 0.879 bits per heavy atom. The average Bonchev–Trinajstić information content (AvgIpc) is 3.52. The number of hydrogen-bond acceptors (Lipinski definition) is 5. The minimum Gasteiger partial charge on any atom is -0.459 e. The van der Waals surface area contributed by atoms with Crippen LogP contribution in [0.3, 0.4) is 0 Å². The highest BCUT2D eigenvalue weighted by atomic mass is 32.1. The Balaban J connectivity index is 1.43. The number of carbonyl (C=O) groups is 3. The second kappa shape index (κ2) is 9.17. The van der Waals surface area contributed by atoms with Gasteiger partial charge < -0.3 is 14.3 Å². The van der Waals surface area contributed by atoms with E-state index in [4.69, 9.17) is 4.42 Å². The molecule has 0 aliphatic carbocycles. The molecule has 0 aliphatic rings. The number of hydrazine groups is 1. The van der Waals surface area contributed by atoms with E-state index in [-0.39, 0.29) is 5.76 Å². The number of carbonyl (C=O) groups excluding carboxylic acids is 3. The molecule has 4 aromatic rings. The van der Waals surface area contributed by atoms with Crippen molar-refractivity contribution in [3.8, 4) is 5.69 Å². The molecular formula is C24H22N4O4S. The van der Waals surface area contributed by atoms with Gasteiger partial charge in [-0.25, -0.2) is 0 Å². The summed E-state index contributed by atoms with van der Waals surface area (Å²) in [5.74, 6) is -1.12. The molecular weight excluding hydrogens is 440 g/mol. The smallest absolute Gasteiger partial charge is 0.291 e. The predicted octanol–water partition coefficient (Wildman–Crippen LogP) is 4.38. The number of anilines is 1. The summed E-state index contributed by atoms with van der Waals surface area (Å²) >= 11 is 1.11. The van der Waals surface area contributed by atoms with Crippen LogP contribution in [0.2, 0.25) is 0 Å². The van der Waals surface area contributed by atoms with Gasteiger partial charge in [0.15, 0.2) is 5.76 Å². The summed E-state index contributed by atoms with van der Waals surface area (Å²) in [6.45, 7) is 5.53. The summed E-state index contributed by atoms with van der Waals surface area (Å²) in [5.41, 5.74) is 8.70. The van der Waals surface area contributed by atoms with E-state index in [1.54, 1.807) is 31.2 Å². The van der Waals surface area contributed by atoms with Crippen LogP contribution in [0.15, 0.2) is 65.3 Å². The van der Waals surface area contributed by atoms with Gasteiger partial charge in [0.1, 0.15) is 0 Å². The normalized spacial score (nSPS) is 10.6. The molecule has 3 heterocycles. The number of furan rings is 1. The Morgan fingerprint density at radius 3 is 2.30 bits per heavy atom. The summed E-state index contributed by atoms with van der Waals surface area (Å²) in [5, 5.41) is 3.20. The fraction of sp³-hybridized carbons (Fsp3) is 0.125. The maximum Gasteiger partial charge on any atom is 0.291 e. The number of nitrogens with one attached hydrogen (secondary N) is 3. The fourth-order valence-electron chi connectivity index (χ4n) is 3.56. The van der Waals surface area contributed by atoms with Gasteiger partial charge in [-0.05, 0) is 62.7 Å². The second-order valence-corrected chi connectivity index (χ2v) is 8.47.